The Hall–Kier alpha value is -0.710. The second-order valence-corrected chi connectivity index (χ2v) is 9.64. The number of hydrogen-bond donors (Lipinski definition) is 2. The zero-order valence-electron chi connectivity index (χ0n) is 14.6. The highest BCUT2D eigenvalue weighted by Crippen LogP contribution is 2.25. The maximum atomic E-state index is 13.0. The summed E-state index contributed by atoms with van der Waals surface area (Å²) < 4.78 is 53.7. The molecule has 1 aromatic carbocycles. The molecule has 144 valence electrons. The lowest BCUT2D eigenvalue weighted by Crippen LogP contribution is -2.42. The lowest BCUT2D eigenvalue weighted by Gasteiger charge is -2.27. The molecule has 0 aromatic heterocycles. The highest BCUT2D eigenvalue weighted by atomic mass is 35.5. The number of aryl methyl sites for hydroxylation is 1. The summed E-state index contributed by atoms with van der Waals surface area (Å²) in [4.78, 5) is 0.226. The molecule has 0 radical (unpaired) electrons. The molecule has 1 fully saturated rings. The summed E-state index contributed by atoms with van der Waals surface area (Å²) in [7, 11) is -5.94. The van der Waals surface area contributed by atoms with Crippen LogP contribution in [0.1, 0.15) is 25.3 Å². The molecule has 0 aliphatic carbocycles. The van der Waals surface area contributed by atoms with Crippen molar-refractivity contribution in [2.75, 3.05) is 26.7 Å². The third-order valence-electron chi connectivity index (χ3n) is 4.20. The van der Waals surface area contributed by atoms with Crippen LogP contribution in [-0.2, 0) is 20.0 Å². The molecule has 1 aliphatic heterocycles. The molecule has 2 rings (SSSR count). The van der Waals surface area contributed by atoms with Gasteiger partial charge in [0.15, 0.2) is 0 Å². The minimum absolute atomic E-state index is 0. The number of hydrogen-bond acceptors (Lipinski definition) is 5. The Morgan fingerprint density at radius 3 is 2.44 bits per heavy atom. The summed E-state index contributed by atoms with van der Waals surface area (Å²) in [5.74, 6) is 0. The van der Waals surface area contributed by atoms with Crippen LogP contribution in [0.2, 0.25) is 0 Å². The van der Waals surface area contributed by atoms with Gasteiger partial charge in [-0.05, 0) is 57.1 Å². The predicted molar refractivity (Wildman–Crippen MR) is 100 cm³/mol. The molecule has 1 unspecified atom stereocenters. The smallest absolute Gasteiger partial charge is 0.243 e. The van der Waals surface area contributed by atoms with Crippen molar-refractivity contribution in [3.05, 3.63) is 23.8 Å². The maximum absolute atomic E-state index is 13.0. The number of halogens is 1. The van der Waals surface area contributed by atoms with Crippen LogP contribution < -0.4 is 10.0 Å². The van der Waals surface area contributed by atoms with Crippen LogP contribution in [0.15, 0.2) is 28.0 Å². The molecule has 1 atom stereocenters. The Bertz CT molecular complexity index is 791. The van der Waals surface area contributed by atoms with Crippen LogP contribution in [0.25, 0.3) is 0 Å². The van der Waals surface area contributed by atoms with Gasteiger partial charge in [0.2, 0.25) is 20.0 Å². The molecule has 0 amide bonds. The van der Waals surface area contributed by atoms with Crippen LogP contribution in [-0.4, -0.2) is 53.9 Å². The first-order valence-electron chi connectivity index (χ1n) is 8.00. The van der Waals surface area contributed by atoms with E-state index < -0.39 is 20.0 Å². The number of nitrogens with zero attached hydrogens (tertiary/aromatic N) is 1. The van der Waals surface area contributed by atoms with Gasteiger partial charge < -0.3 is 5.32 Å². The van der Waals surface area contributed by atoms with E-state index in [-0.39, 0.29) is 28.2 Å². The molecular weight excluding hydrogens is 386 g/mol. The molecule has 0 saturated carbocycles. The van der Waals surface area contributed by atoms with E-state index in [0.29, 0.717) is 18.7 Å². The van der Waals surface area contributed by atoms with Crippen LogP contribution in [0.5, 0.6) is 0 Å². The summed E-state index contributed by atoms with van der Waals surface area (Å²) in [6, 6.07) is 4.10. The quantitative estimate of drug-likeness (QED) is 0.700. The summed E-state index contributed by atoms with van der Waals surface area (Å²) in [5.41, 5.74) is 0.409. The third-order valence-corrected chi connectivity index (χ3v) is 7.72. The summed E-state index contributed by atoms with van der Waals surface area (Å²) in [6.45, 7) is 5.44. The van der Waals surface area contributed by atoms with Gasteiger partial charge in [0, 0.05) is 19.1 Å². The van der Waals surface area contributed by atoms with Crippen LogP contribution in [0.4, 0.5) is 0 Å². The molecule has 1 aliphatic rings. The van der Waals surface area contributed by atoms with Crippen LogP contribution >= 0.6 is 12.4 Å². The Morgan fingerprint density at radius 2 is 1.96 bits per heavy atom. The number of nitrogens with one attached hydrogen (secondary N) is 2. The van der Waals surface area contributed by atoms with Crippen molar-refractivity contribution >= 4 is 32.5 Å². The number of rotatable bonds is 7. The fourth-order valence-corrected chi connectivity index (χ4v) is 5.72. The highest BCUT2D eigenvalue weighted by Gasteiger charge is 2.33. The highest BCUT2D eigenvalue weighted by molar-refractivity contribution is 7.89. The molecule has 7 nitrogen and oxygen atoms in total. The van der Waals surface area contributed by atoms with E-state index in [2.05, 4.69) is 10.0 Å². The first kappa shape index (κ1) is 22.3. The van der Waals surface area contributed by atoms with Crippen molar-refractivity contribution in [1.82, 2.24) is 14.3 Å². The Labute approximate surface area is 156 Å². The second kappa shape index (κ2) is 8.79. The van der Waals surface area contributed by atoms with E-state index >= 15 is 0 Å². The molecule has 1 saturated heterocycles. The zero-order chi connectivity index (χ0) is 18.0. The van der Waals surface area contributed by atoms with Crippen molar-refractivity contribution in [2.45, 2.75) is 42.5 Å². The third kappa shape index (κ3) is 4.72. The Balaban J connectivity index is 0.00000312. The predicted octanol–water partition coefficient (Wildman–Crippen LogP) is 1.09. The fourth-order valence-electron chi connectivity index (χ4n) is 2.93. The summed E-state index contributed by atoms with van der Waals surface area (Å²) in [6.07, 6.45) is 1.51. The average Bonchev–Trinajstić information content (AvgIpc) is 3.05. The van der Waals surface area contributed by atoms with Crippen molar-refractivity contribution in [2.24, 2.45) is 0 Å². The van der Waals surface area contributed by atoms with Gasteiger partial charge in [0.05, 0.1) is 9.79 Å². The van der Waals surface area contributed by atoms with Gasteiger partial charge in [-0.1, -0.05) is 6.92 Å². The molecular formula is C15H26ClN3O4S2. The second-order valence-electron chi connectivity index (χ2n) is 5.90. The SMILES string of the molecule is CCCN(C1CCNC1)S(=O)(=O)c1ccc(S(=O)(=O)NC)c(C)c1.Cl. The molecule has 10 heteroatoms. The molecule has 0 spiro atoms. The lowest BCUT2D eigenvalue weighted by molar-refractivity contribution is 0.335. The van der Waals surface area contributed by atoms with E-state index in [4.69, 9.17) is 0 Å². The van der Waals surface area contributed by atoms with Crippen molar-refractivity contribution in [3.8, 4) is 0 Å². The van der Waals surface area contributed by atoms with Gasteiger partial charge in [0.1, 0.15) is 0 Å². The van der Waals surface area contributed by atoms with Gasteiger partial charge >= 0.3 is 0 Å². The molecule has 2 N–H and O–H groups in total. The van der Waals surface area contributed by atoms with Gasteiger partial charge in [-0.2, -0.15) is 4.31 Å². The first-order valence-corrected chi connectivity index (χ1v) is 10.9. The fraction of sp³-hybridized carbons (Fsp3) is 0.600. The molecule has 25 heavy (non-hydrogen) atoms. The summed E-state index contributed by atoms with van der Waals surface area (Å²) >= 11 is 0. The molecule has 1 heterocycles. The number of benzene rings is 1. The lowest BCUT2D eigenvalue weighted by atomic mass is 10.2. The number of sulfonamides is 2. The van der Waals surface area contributed by atoms with Gasteiger partial charge in [-0.25, -0.2) is 21.6 Å². The Morgan fingerprint density at radius 1 is 1.28 bits per heavy atom. The van der Waals surface area contributed by atoms with E-state index in [1.54, 1.807) is 6.92 Å². The van der Waals surface area contributed by atoms with Crippen molar-refractivity contribution in [1.29, 1.82) is 0 Å². The van der Waals surface area contributed by atoms with Crippen molar-refractivity contribution in [3.63, 3.8) is 0 Å². The van der Waals surface area contributed by atoms with Gasteiger partial charge in [-0.15, -0.1) is 12.4 Å². The topological polar surface area (TPSA) is 95.6 Å². The minimum atomic E-state index is -3.66. The molecule has 0 bridgehead atoms. The largest absolute Gasteiger partial charge is 0.315 e. The zero-order valence-corrected chi connectivity index (χ0v) is 17.1. The Kier molecular flexibility index (Phi) is 7.85. The van der Waals surface area contributed by atoms with Crippen LogP contribution in [0.3, 0.4) is 0 Å². The minimum Gasteiger partial charge on any atom is -0.315 e. The maximum Gasteiger partial charge on any atom is 0.243 e. The van der Waals surface area contributed by atoms with E-state index in [1.165, 1.54) is 29.6 Å². The standard InChI is InChI=1S/C15H25N3O4S2.ClH/c1-4-9-18(13-7-8-17-11-13)24(21,22)14-5-6-15(12(2)10-14)23(19,20)16-3;/h5-6,10,13,16-17H,4,7-9,11H2,1-3H3;1H. The average molecular weight is 412 g/mol. The van der Waals surface area contributed by atoms with Crippen molar-refractivity contribution < 1.29 is 16.8 Å². The van der Waals surface area contributed by atoms with Gasteiger partial charge in [-0.3, -0.25) is 0 Å². The normalized spacial score (nSPS) is 18.3. The summed E-state index contributed by atoms with van der Waals surface area (Å²) in [5, 5.41) is 3.19. The monoisotopic (exact) mass is 411 g/mol. The van der Waals surface area contributed by atoms with Gasteiger partial charge in [0.25, 0.3) is 0 Å². The van der Waals surface area contributed by atoms with E-state index in [1.807, 2.05) is 6.92 Å². The molecule has 1 aromatic rings. The van der Waals surface area contributed by atoms with E-state index in [0.717, 1.165) is 19.4 Å². The van der Waals surface area contributed by atoms with E-state index in [9.17, 15) is 16.8 Å². The first-order chi connectivity index (χ1) is 11.2. The van der Waals surface area contributed by atoms with Crippen LogP contribution in [0, 0.1) is 6.92 Å².